The van der Waals surface area contributed by atoms with Gasteiger partial charge in [0.1, 0.15) is 18.5 Å². The van der Waals surface area contributed by atoms with E-state index < -0.39 is 6.10 Å². The number of hydrogen-bond acceptors (Lipinski definition) is 4. The molecule has 0 heterocycles. The Balaban J connectivity index is 1.32. The van der Waals surface area contributed by atoms with Crippen LogP contribution in [0.15, 0.2) is 84.9 Å². The maximum absolute atomic E-state index is 10.3. The Morgan fingerprint density at radius 2 is 1.47 bits per heavy atom. The fraction of sp³-hybridized carbons (Fsp3) is 0.308. The standard InChI is InChI=1S/C26H32N2O2/c1-28(19-24-10-6-3-7-11-24)20-25(29)21-30-26-14-12-23(13-15-26)18-27-17-16-22-8-4-2-5-9-22/h2-15,25,27,29H,16-21H2,1H3/t25-/m1/s1. The van der Waals surface area contributed by atoms with Gasteiger partial charge < -0.3 is 15.2 Å². The number of likely N-dealkylation sites (N-methyl/N-ethyl adjacent to an activating group) is 1. The lowest BCUT2D eigenvalue weighted by Gasteiger charge is -2.21. The fourth-order valence-electron chi connectivity index (χ4n) is 3.38. The first-order valence-electron chi connectivity index (χ1n) is 10.6. The summed E-state index contributed by atoms with van der Waals surface area (Å²) in [5, 5.41) is 13.7. The highest BCUT2D eigenvalue weighted by atomic mass is 16.5. The number of ether oxygens (including phenoxy) is 1. The van der Waals surface area contributed by atoms with E-state index in [-0.39, 0.29) is 6.61 Å². The monoisotopic (exact) mass is 404 g/mol. The van der Waals surface area contributed by atoms with Crippen LogP contribution in [-0.2, 0) is 19.5 Å². The van der Waals surface area contributed by atoms with Crippen molar-refractivity contribution in [2.75, 3.05) is 26.7 Å². The van der Waals surface area contributed by atoms with Gasteiger partial charge in [0.15, 0.2) is 0 Å². The third-order valence-electron chi connectivity index (χ3n) is 4.95. The van der Waals surface area contributed by atoms with Crippen molar-refractivity contribution in [2.24, 2.45) is 0 Å². The Morgan fingerprint density at radius 3 is 2.13 bits per heavy atom. The van der Waals surface area contributed by atoms with E-state index in [1.165, 1.54) is 16.7 Å². The topological polar surface area (TPSA) is 44.7 Å². The van der Waals surface area contributed by atoms with Crippen molar-refractivity contribution in [3.8, 4) is 5.75 Å². The summed E-state index contributed by atoms with van der Waals surface area (Å²) in [5.41, 5.74) is 3.81. The molecule has 0 saturated carbocycles. The maximum Gasteiger partial charge on any atom is 0.119 e. The van der Waals surface area contributed by atoms with Crippen molar-refractivity contribution in [3.63, 3.8) is 0 Å². The first-order valence-corrected chi connectivity index (χ1v) is 10.6. The highest BCUT2D eigenvalue weighted by Gasteiger charge is 2.10. The zero-order valence-electron chi connectivity index (χ0n) is 17.7. The fourth-order valence-corrected chi connectivity index (χ4v) is 3.38. The lowest BCUT2D eigenvalue weighted by molar-refractivity contribution is 0.0744. The summed E-state index contributed by atoms with van der Waals surface area (Å²) >= 11 is 0. The van der Waals surface area contributed by atoms with Gasteiger partial charge >= 0.3 is 0 Å². The van der Waals surface area contributed by atoms with E-state index in [9.17, 15) is 5.11 Å². The van der Waals surface area contributed by atoms with Crippen LogP contribution < -0.4 is 10.1 Å². The SMILES string of the molecule is CN(Cc1ccccc1)C[C@@H](O)COc1ccc(CNCCc2ccccc2)cc1. The molecule has 0 spiro atoms. The molecule has 0 unspecified atom stereocenters. The molecule has 2 N–H and O–H groups in total. The second kappa shape index (κ2) is 12.1. The predicted octanol–water partition coefficient (Wildman–Crippen LogP) is 3.89. The van der Waals surface area contributed by atoms with E-state index in [2.05, 4.69) is 58.7 Å². The zero-order chi connectivity index (χ0) is 21.0. The van der Waals surface area contributed by atoms with Crippen molar-refractivity contribution in [3.05, 3.63) is 102 Å². The van der Waals surface area contributed by atoms with E-state index in [1.807, 2.05) is 43.4 Å². The number of rotatable bonds is 12. The van der Waals surface area contributed by atoms with Crippen LogP contribution >= 0.6 is 0 Å². The highest BCUT2D eigenvalue weighted by Crippen LogP contribution is 2.13. The molecule has 0 amide bonds. The quantitative estimate of drug-likeness (QED) is 0.450. The number of hydrogen-bond donors (Lipinski definition) is 2. The van der Waals surface area contributed by atoms with Gasteiger partial charge in [0.2, 0.25) is 0 Å². The number of benzene rings is 3. The van der Waals surface area contributed by atoms with Gasteiger partial charge in [-0.25, -0.2) is 0 Å². The molecule has 0 aromatic heterocycles. The van der Waals surface area contributed by atoms with Gasteiger partial charge in [-0.05, 0) is 48.8 Å². The molecule has 0 saturated heterocycles. The molecule has 1 atom stereocenters. The third kappa shape index (κ3) is 7.99. The Kier molecular flexibility index (Phi) is 8.91. The normalized spacial score (nSPS) is 12.1. The molecule has 3 aromatic carbocycles. The minimum atomic E-state index is -0.530. The Hall–Kier alpha value is -2.66. The van der Waals surface area contributed by atoms with Crippen LogP contribution in [0.5, 0.6) is 5.75 Å². The molecule has 158 valence electrons. The van der Waals surface area contributed by atoms with Gasteiger partial charge in [0.05, 0.1) is 0 Å². The minimum absolute atomic E-state index is 0.286. The molecule has 0 bridgehead atoms. The van der Waals surface area contributed by atoms with Crippen molar-refractivity contribution in [1.82, 2.24) is 10.2 Å². The lowest BCUT2D eigenvalue weighted by atomic mass is 10.1. The van der Waals surface area contributed by atoms with Gasteiger partial charge in [-0.2, -0.15) is 0 Å². The molecule has 3 rings (SSSR count). The number of aliphatic hydroxyl groups excluding tert-OH is 1. The average molecular weight is 405 g/mol. The average Bonchev–Trinajstić information content (AvgIpc) is 2.77. The summed E-state index contributed by atoms with van der Waals surface area (Å²) in [6, 6.07) is 28.8. The second-order valence-electron chi connectivity index (χ2n) is 7.70. The van der Waals surface area contributed by atoms with E-state index in [0.29, 0.717) is 6.54 Å². The van der Waals surface area contributed by atoms with Crippen molar-refractivity contribution in [2.45, 2.75) is 25.6 Å². The highest BCUT2D eigenvalue weighted by molar-refractivity contribution is 5.27. The Morgan fingerprint density at radius 1 is 0.833 bits per heavy atom. The van der Waals surface area contributed by atoms with Gasteiger partial charge in [-0.1, -0.05) is 72.8 Å². The first-order chi connectivity index (χ1) is 14.7. The molecule has 4 nitrogen and oxygen atoms in total. The van der Waals surface area contributed by atoms with Crippen LogP contribution in [0.2, 0.25) is 0 Å². The van der Waals surface area contributed by atoms with Crippen LogP contribution in [0, 0.1) is 0 Å². The number of aliphatic hydroxyl groups is 1. The maximum atomic E-state index is 10.3. The smallest absolute Gasteiger partial charge is 0.119 e. The molecular weight excluding hydrogens is 372 g/mol. The van der Waals surface area contributed by atoms with Crippen LogP contribution in [-0.4, -0.2) is 42.9 Å². The first kappa shape index (κ1) is 22.0. The Bertz CT molecular complexity index is 838. The van der Waals surface area contributed by atoms with Gasteiger partial charge in [0, 0.05) is 19.6 Å². The largest absolute Gasteiger partial charge is 0.491 e. The number of nitrogens with one attached hydrogen (secondary N) is 1. The van der Waals surface area contributed by atoms with Crippen LogP contribution in [0.4, 0.5) is 0 Å². The minimum Gasteiger partial charge on any atom is -0.491 e. The Labute approximate surface area is 180 Å². The summed E-state index contributed by atoms with van der Waals surface area (Å²) in [6.07, 6.45) is 0.497. The molecule has 30 heavy (non-hydrogen) atoms. The zero-order valence-corrected chi connectivity index (χ0v) is 17.7. The number of nitrogens with zero attached hydrogens (tertiary/aromatic N) is 1. The van der Waals surface area contributed by atoms with Crippen molar-refractivity contribution < 1.29 is 9.84 Å². The summed E-state index contributed by atoms with van der Waals surface area (Å²) in [5.74, 6) is 0.785. The van der Waals surface area contributed by atoms with Gasteiger partial charge in [-0.15, -0.1) is 0 Å². The van der Waals surface area contributed by atoms with Crippen LogP contribution in [0.3, 0.4) is 0 Å². The lowest BCUT2D eigenvalue weighted by Crippen LogP contribution is -2.32. The third-order valence-corrected chi connectivity index (χ3v) is 4.95. The van der Waals surface area contributed by atoms with Crippen molar-refractivity contribution in [1.29, 1.82) is 0 Å². The summed E-state index contributed by atoms with van der Waals surface area (Å²) in [6.45, 7) is 3.45. The van der Waals surface area contributed by atoms with Gasteiger partial charge in [0.25, 0.3) is 0 Å². The molecule has 0 aliphatic rings. The molecule has 0 aliphatic carbocycles. The van der Waals surface area contributed by atoms with Crippen LogP contribution in [0.25, 0.3) is 0 Å². The van der Waals surface area contributed by atoms with Crippen LogP contribution in [0.1, 0.15) is 16.7 Å². The molecular formula is C26H32N2O2. The second-order valence-corrected chi connectivity index (χ2v) is 7.70. The van der Waals surface area contributed by atoms with Gasteiger partial charge in [-0.3, -0.25) is 4.90 Å². The van der Waals surface area contributed by atoms with E-state index in [4.69, 9.17) is 4.74 Å². The van der Waals surface area contributed by atoms with E-state index in [0.717, 1.165) is 31.8 Å². The summed E-state index contributed by atoms with van der Waals surface area (Å²) in [4.78, 5) is 2.10. The van der Waals surface area contributed by atoms with E-state index >= 15 is 0 Å². The molecule has 3 aromatic rings. The molecule has 4 heteroatoms. The predicted molar refractivity (Wildman–Crippen MR) is 123 cm³/mol. The molecule has 0 aliphatic heterocycles. The molecule has 0 fully saturated rings. The summed E-state index contributed by atoms with van der Waals surface area (Å²) < 4.78 is 5.76. The van der Waals surface area contributed by atoms with E-state index in [1.54, 1.807) is 0 Å². The molecule has 0 radical (unpaired) electrons. The summed E-state index contributed by atoms with van der Waals surface area (Å²) in [7, 11) is 2.01. The van der Waals surface area contributed by atoms with Crippen molar-refractivity contribution >= 4 is 0 Å².